The molecule has 0 spiro atoms. The minimum absolute atomic E-state index is 0.0576. The van der Waals surface area contributed by atoms with Crippen LogP contribution in [-0.2, 0) is 0 Å². The van der Waals surface area contributed by atoms with Crippen molar-refractivity contribution in [3.63, 3.8) is 0 Å². The van der Waals surface area contributed by atoms with E-state index in [9.17, 15) is 9.59 Å². The van der Waals surface area contributed by atoms with Crippen molar-refractivity contribution in [2.75, 3.05) is 5.32 Å². The molecule has 0 aromatic carbocycles. The zero-order valence-corrected chi connectivity index (χ0v) is 10.5. The van der Waals surface area contributed by atoms with Gasteiger partial charge in [0, 0.05) is 6.92 Å². The molecule has 1 amide bonds. The quantitative estimate of drug-likeness (QED) is 0.889. The number of aromatic nitrogens is 1. The van der Waals surface area contributed by atoms with Gasteiger partial charge in [-0.15, -0.1) is 11.3 Å². The molecule has 2 rings (SSSR count). The smallest absolute Gasteiger partial charge is 0.338 e. The molecule has 2 aromatic rings. The zero-order valence-electron chi connectivity index (χ0n) is 9.68. The number of hydrogen-bond donors (Lipinski definition) is 2. The fourth-order valence-electron chi connectivity index (χ4n) is 1.48. The second-order valence-corrected chi connectivity index (χ2v) is 4.49. The van der Waals surface area contributed by atoms with Crippen LogP contribution in [0.25, 0.3) is 0 Å². The highest BCUT2D eigenvalue weighted by Gasteiger charge is 2.19. The van der Waals surface area contributed by atoms with Gasteiger partial charge < -0.3 is 14.8 Å². The number of anilines is 1. The van der Waals surface area contributed by atoms with Gasteiger partial charge in [0.15, 0.2) is 5.89 Å². The van der Waals surface area contributed by atoms with Gasteiger partial charge in [-0.2, -0.15) is 0 Å². The van der Waals surface area contributed by atoms with E-state index >= 15 is 0 Å². The number of carbonyl (C=O) groups excluding carboxylic acids is 1. The Morgan fingerprint density at radius 3 is 2.72 bits per heavy atom. The number of carbonyl (C=O) groups is 2. The van der Waals surface area contributed by atoms with Gasteiger partial charge in [-0.25, -0.2) is 9.78 Å². The highest BCUT2D eigenvalue weighted by atomic mass is 32.1. The van der Waals surface area contributed by atoms with E-state index in [0.717, 1.165) is 11.3 Å². The first-order valence-corrected chi connectivity index (χ1v) is 5.93. The average molecular weight is 266 g/mol. The molecule has 0 radical (unpaired) electrons. The standard InChI is InChI=1S/C11H10N2O4S/c1-5-8(17-6(2)12-5)9(14)13-10-7(11(15)16)3-4-18-10/h3-4H,1-2H3,(H,13,14)(H,15,16). The zero-order chi connectivity index (χ0) is 13.3. The second kappa shape index (κ2) is 4.61. The number of oxazole rings is 1. The van der Waals surface area contributed by atoms with Gasteiger partial charge in [0.1, 0.15) is 5.00 Å². The molecule has 0 unspecified atom stereocenters. The van der Waals surface area contributed by atoms with Gasteiger partial charge in [0.25, 0.3) is 5.91 Å². The number of aromatic carboxylic acids is 1. The van der Waals surface area contributed by atoms with Gasteiger partial charge in [0.2, 0.25) is 5.76 Å². The van der Waals surface area contributed by atoms with E-state index in [0.29, 0.717) is 11.6 Å². The predicted octanol–water partition coefficient (Wildman–Crippen LogP) is 2.30. The Morgan fingerprint density at radius 2 is 2.17 bits per heavy atom. The summed E-state index contributed by atoms with van der Waals surface area (Å²) in [5, 5.41) is 13.3. The van der Waals surface area contributed by atoms with Crippen molar-refractivity contribution in [1.82, 2.24) is 4.98 Å². The maximum atomic E-state index is 11.9. The number of rotatable bonds is 3. The van der Waals surface area contributed by atoms with Gasteiger partial charge in [0.05, 0.1) is 11.3 Å². The monoisotopic (exact) mass is 266 g/mol. The fraction of sp³-hybridized carbons (Fsp3) is 0.182. The summed E-state index contributed by atoms with van der Waals surface area (Å²) in [5.74, 6) is -1.10. The Bertz CT molecular complexity index is 614. The van der Waals surface area contributed by atoms with E-state index in [1.807, 2.05) is 0 Å². The van der Waals surface area contributed by atoms with Crippen LogP contribution in [0.3, 0.4) is 0 Å². The lowest BCUT2D eigenvalue weighted by molar-refractivity contribution is 0.0698. The summed E-state index contributed by atoms with van der Waals surface area (Å²) in [6.07, 6.45) is 0. The van der Waals surface area contributed by atoms with Gasteiger partial charge >= 0.3 is 5.97 Å². The normalized spacial score (nSPS) is 10.3. The third-order valence-electron chi connectivity index (χ3n) is 2.23. The fourth-order valence-corrected chi connectivity index (χ4v) is 2.25. The molecule has 0 aliphatic rings. The first-order chi connectivity index (χ1) is 8.49. The molecular weight excluding hydrogens is 256 g/mol. The van der Waals surface area contributed by atoms with Crippen LogP contribution in [0, 0.1) is 13.8 Å². The second-order valence-electron chi connectivity index (χ2n) is 3.57. The van der Waals surface area contributed by atoms with Crippen LogP contribution in [-0.4, -0.2) is 22.0 Å². The molecule has 2 N–H and O–H groups in total. The number of carboxylic acids is 1. The lowest BCUT2D eigenvalue weighted by Crippen LogP contribution is -2.13. The maximum absolute atomic E-state index is 11.9. The Morgan fingerprint density at radius 1 is 1.44 bits per heavy atom. The topological polar surface area (TPSA) is 92.4 Å². The third-order valence-corrected chi connectivity index (χ3v) is 3.06. The number of nitrogens with one attached hydrogen (secondary N) is 1. The van der Waals surface area contributed by atoms with Gasteiger partial charge in [-0.05, 0) is 18.4 Å². The van der Waals surface area contributed by atoms with Gasteiger partial charge in [-0.3, -0.25) is 4.79 Å². The van der Waals surface area contributed by atoms with Crippen molar-refractivity contribution >= 4 is 28.2 Å². The largest absolute Gasteiger partial charge is 0.478 e. The van der Waals surface area contributed by atoms with Crippen LogP contribution in [0.2, 0.25) is 0 Å². The predicted molar refractivity (Wildman–Crippen MR) is 65.2 cm³/mol. The van der Waals surface area contributed by atoms with E-state index in [-0.39, 0.29) is 16.3 Å². The first-order valence-electron chi connectivity index (χ1n) is 5.05. The molecule has 0 atom stereocenters. The molecule has 0 bridgehead atoms. The number of amides is 1. The minimum atomic E-state index is -1.09. The van der Waals surface area contributed by atoms with Crippen LogP contribution < -0.4 is 5.32 Å². The third kappa shape index (κ3) is 2.25. The van der Waals surface area contributed by atoms with Crippen molar-refractivity contribution in [1.29, 1.82) is 0 Å². The number of thiophene rings is 1. The molecule has 0 saturated heterocycles. The molecule has 0 aliphatic heterocycles. The van der Waals surface area contributed by atoms with E-state index in [1.165, 1.54) is 6.07 Å². The SMILES string of the molecule is Cc1nc(C)c(C(=O)Nc2sccc2C(=O)O)o1. The average Bonchev–Trinajstić information content (AvgIpc) is 2.85. The van der Waals surface area contributed by atoms with Crippen LogP contribution >= 0.6 is 11.3 Å². The van der Waals surface area contributed by atoms with Crippen molar-refractivity contribution in [3.05, 3.63) is 34.4 Å². The molecule has 0 fully saturated rings. The van der Waals surface area contributed by atoms with E-state index in [4.69, 9.17) is 9.52 Å². The Labute approximate surface area is 106 Å². The summed E-state index contributed by atoms with van der Waals surface area (Å²) in [6, 6.07) is 1.43. The van der Waals surface area contributed by atoms with Crippen LogP contribution in [0.5, 0.6) is 0 Å². The molecule has 2 heterocycles. The number of nitrogens with zero attached hydrogens (tertiary/aromatic N) is 1. The molecule has 94 valence electrons. The Balaban J connectivity index is 2.24. The van der Waals surface area contributed by atoms with Crippen molar-refractivity contribution in [2.45, 2.75) is 13.8 Å². The van der Waals surface area contributed by atoms with Crippen LogP contribution in [0.15, 0.2) is 15.9 Å². The van der Waals surface area contributed by atoms with E-state index in [1.54, 1.807) is 19.2 Å². The van der Waals surface area contributed by atoms with Gasteiger partial charge in [-0.1, -0.05) is 0 Å². The summed E-state index contributed by atoms with van der Waals surface area (Å²) in [5.41, 5.74) is 0.528. The molecule has 7 heteroatoms. The number of hydrogen-bond acceptors (Lipinski definition) is 5. The summed E-state index contributed by atoms with van der Waals surface area (Å²) in [7, 11) is 0. The molecular formula is C11H10N2O4S. The Kier molecular flexibility index (Phi) is 3.15. The lowest BCUT2D eigenvalue weighted by atomic mass is 10.3. The maximum Gasteiger partial charge on any atom is 0.338 e. The summed E-state index contributed by atoms with van der Waals surface area (Å²) in [6.45, 7) is 3.29. The lowest BCUT2D eigenvalue weighted by Gasteiger charge is -2.01. The molecule has 2 aromatic heterocycles. The first kappa shape index (κ1) is 12.3. The van der Waals surface area contributed by atoms with Crippen molar-refractivity contribution < 1.29 is 19.1 Å². The van der Waals surface area contributed by atoms with E-state index in [2.05, 4.69) is 10.3 Å². The highest BCUT2D eigenvalue weighted by Crippen LogP contribution is 2.24. The minimum Gasteiger partial charge on any atom is -0.478 e. The number of aryl methyl sites for hydroxylation is 2. The molecule has 6 nitrogen and oxygen atoms in total. The van der Waals surface area contributed by atoms with E-state index < -0.39 is 11.9 Å². The molecule has 18 heavy (non-hydrogen) atoms. The van der Waals surface area contributed by atoms with Crippen molar-refractivity contribution in [2.24, 2.45) is 0 Å². The Hall–Kier alpha value is -2.15. The highest BCUT2D eigenvalue weighted by molar-refractivity contribution is 7.14. The summed E-state index contributed by atoms with van der Waals surface area (Å²) >= 11 is 1.14. The molecule has 0 saturated carbocycles. The van der Waals surface area contributed by atoms with Crippen molar-refractivity contribution in [3.8, 4) is 0 Å². The number of carboxylic acid groups (broad SMARTS) is 1. The van der Waals surface area contributed by atoms with Crippen LogP contribution in [0.4, 0.5) is 5.00 Å². The van der Waals surface area contributed by atoms with Crippen LogP contribution in [0.1, 0.15) is 32.5 Å². The summed E-state index contributed by atoms with van der Waals surface area (Å²) < 4.78 is 5.16. The summed E-state index contributed by atoms with van der Waals surface area (Å²) in [4.78, 5) is 26.8. The molecule has 0 aliphatic carbocycles.